The van der Waals surface area contributed by atoms with E-state index in [0.29, 0.717) is 11.8 Å². The minimum absolute atomic E-state index is 0.0425. The van der Waals surface area contributed by atoms with Gasteiger partial charge in [-0.15, -0.1) is 0 Å². The van der Waals surface area contributed by atoms with Gasteiger partial charge in [-0.2, -0.15) is 0 Å². The zero-order valence-electron chi connectivity index (χ0n) is 8.23. The molecule has 82 valence electrons. The minimum atomic E-state index is -3.47. The summed E-state index contributed by atoms with van der Waals surface area (Å²) in [7, 11) is -3.47. The van der Waals surface area contributed by atoms with E-state index in [4.69, 9.17) is 0 Å². The molecule has 3 nitrogen and oxygen atoms in total. The number of halogens is 1. The van der Waals surface area contributed by atoms with Gasteiger partial charge >= 0.3 is 0 Å². The number of rotatable bonds is 4. The lowest BCUT2D eigenvalue weighted by Gasteiger charge is -2.05. The Morgan fingerprint density at radius 2 is 2.07 bits per heavy atom. The number of carbonyl (C=O) groups excluding carboxylic acids is 1. The van der Waals surface area contributed by atoms with Gasteiger partial charge in [0.05, 0.1) is 10.6 Å². The zero-order valence-corrected chi connectivity index (χ0v) is 9.05. The van der Waals surface area contributed by atoms with E-state index in [9.17, 15) is 17.6 Å². The summed E-state index contributed by atoms with van der Waals surface area (Å²) in [5.41, 5.74) is 0.362. The molecule has 0 atom stereocenters. The molecule has 5 heteroatoms. The number of hydrogen-bond donors (Lipinski definition) is 0. The van der Waals surface area contributed by atoms with Crippen LogP contribution in [0, 0.1) is 12.7 Å². The summed E-state index contributed by atoms with van der Waals surface area (Å²) >= 11 is 0. The standard InChI is InChI=1S/C10H11FO3S/c1-8-7-9(11)3-4-10(8)15(13,14)6-2-5-12/h3-5,7H,2,6H2,1H3. The van der Waals surface area contributed by atoms with Crippen LogP contribution in [-0.4, -0.2) is 20.5 Å². The average molecular weight is 230 g/mol. The first-order valence-electron chi connectivity index (χ1n) is 4.40. The largest absolute Gasteiger partial charge is 0.303 e. The van der Waals surface area contributed by atoms with E-state index in [1.807, 2.05) is 0 Å². The molecule has 0 saturated carbocycles. The highest BCUT2D eigenvalue weighted by molar-refractivity contribution is 7.91. The Morgan fingerprint density at radius 1 is 1.40 bits per heavy atom. The molecule has 15 heavy (non-hydrogen) atoms. The molecule has 0 fully saturated rings. The number of aryl methyl sites for hydroxylation is 1. The molecule has 0 bridgehead atoms. The predicted molar refractivity (Wildman–Crippen MR) is 53.9 cm³/mol. The first-order chi connectivity index (χ1) is 6.97. The number of hydrogen-bond acceptors (Lipinski definition) is 3. The van der Waals surface area contributed by atoms with E-state index in [2.05, 4.69) is 0 Å². The van der Waals surface area contributed by atoms with Crippen LogP contribution >= 0.6 is 0 Å². The third-order valence-corrected chi connectivity index (χ3v) is 3.88. The maximum Gasteiger partial charge on any atom is 0.179 e. The summed E-state index contributed by atoms with van der Waals surface area (Å²) < 4.78 is 36.0. The van der Waals surface area contributed by atoms with E-state index in [1.165, 1.54) is 13.0 Å². The third-order valence-electron chi connectivity index (χ3n) is 1.98. The van der Waals surface area contributed by atoms with Gasteiger partial charge in [0.1, 0.15) is 12.1 Å². The van der Waals surface area contributed by atoms with Crippen LogP contribution < -0.4 is 0 Å². The van der Waals surface area contributed by atoms with Gasteiger partial charge in [0.2, 0.25) is 0 Å². The first kappa shape index (κ1) is 11.8. The SMILES string of the molecule is Cc1cc(F)ccc1S(=O)(=O)CCC=O. The van der Waals surface area contributed by atoms with Gasteiger partial charge in [-0.05, 0) is 30.7 Å². The second-order valence-corrected chi connectivity index (χ2v) is 5.26. The molecule has 0 saturated heterocycles. The first-order valence-corrected chi connectivity index (χ1v) is 6.05. The van der Waals surface area contributed by atoms with Crippen LogP contribution in [0.15, 0.2) is 23.1 Å². The van der Waals surface area contributed by atoms with Crippen molar-refractivity contribution < 1.29 is 17.6 Å². The van der Waals surface area contributed by atoms with Crippen molar-refractivity contribution in [2.45, 2.75) is 18.2 Å². The smallest absolute Gasteiger partial charge is 0.179 e. The maximum absolute atomic E-state index is 12.7. The highest BCUT2D eigenvalue weighted by Gasteiger charge is 2.16. The Hall–Kier alpha value is -1.23. The number of aldehydes is 1. The Labute approximate surface area is 87.8 Å². The van der Waals surface area contributed by atoms with Crippen LogP contribution in [0.3, 0.4) is 0 Å². The fourth-order valence-corrected chi connectivity index (χ4v) is 2.73. The second-order valence-electron chi connectivity index (χ2n) is 3.18. The van der Waals surface area contributed by atoms with Gasteiger partial charge < -0.3 is 4.79 Å². The van der Waals surface area contributed by atoms with Gasteiger partial charge in [-0.1, -0.05) is 0 Å². The van der Waals surface area contributed by atoms with Crippen molar-refractivity contribution in [2.75, 3.05) is 5.75 Å². The summed E-state index contributed by atoms with van der Waals surface area (Å²) in [6.45, 7) is 1.52. The molecular weight excluding hydrogens is 219 g/mol. The maximum atomic E-state index is 12.7. The van der Waals surface area contributed by atoms with Crippen LogP contribution in [0.25, 0.3) is 0 Å². The Balaban J connectivity index is 3.10. The molecule has 0 radical (unpaired) electrons. The molecule has 1 rings (SSSR count). The van der Waals surface area contributed by atoms with Gasteiger partial charge in [-0.3, -0.25) is 0 Å². The van der Waals surface area contributed by atoms with Crippen LogP contribution in [-0.2, 0) is 14.6 Å². The van der Waals surface area contributed by atoms with E-state index in [0.717, 1.165) is 12.1 Å². The topological polar surface area (TPSA) is 51.2 Å². The van der Waals surface area contributed by atoms with Crippen LogP contribution in [0.5, 0.6) is 0 Å². The normalized spacial score (nSPS) is 11.3. The Kier molecular flexibility index (Phi) is 3.57. The highest BCUT2D eigenvalue weighted by Crippen LogP contribution is 2.17. The molecule has 0 aliphatic heterocycles. The van der Waals surface area contributed by atoms with E-state index < -0.39 is 15.7 Å². The number of sulfone groups is 1. The molecule has 0 heterocycles. The molecule has 0 amide bonds. The van der Waals surface area contributed by atoms with E-state index in [1.54, 1.807) is 0 Å². The highest BCUT2D eigenvalue weighted by atomic mass is 32.2. The molecule has 0 spiro atoms. The predicted octanol–water partition coefficient (Wildman–Crippen LogP) is 1.50. The van der Waals surface area contributed by atoms with Crippen molar-refractivity contribution >= 4 is 16.1 Å². The Bertz CT molecular complexity index is 466. The van der Waals surface area contributed by atoms with Crippen LogP contribution in [0.1, 0.15) is 12.0 Å². The van der Waals surface area contributed by atoms with E-state index >= 15 is 0 Å². The zero-order chi connectivity index (χ0) is 11.5. The van der Waals surface area contributed by atoms with Gasteiger partial charge in [0, 0.05) is 6.42 Å². The molecule has 0 N–H and O–H groups in total. The van der Waals surface area contributed by atoms with Crippen molar-refractivity contribution in [3.63, 3.8) is 0 Å². The van der Waals surface area contributed by atoms with E-state index in [-0.39, 0.29) is 17.1 Å². The quantitative estimate of drug-likeness (QED) is 0.581. The van der Waals surface area contributed by atoms with Crippen LogP contribution in [0.2, 0.25) is 0 Å². The van der Waals surface area contributed by atoms with Gasteiger partial charge in [-0.25, -0.2) is 12.8 Å². The fraction of sp³-hybridized carbons (Fsp3) is 0.300. The Morgan fingerprint density at radius 3 is 2.60 bits per heavy atom. The summed E-state index contributed by atoms with van der Waals surface area (Å²) in [6, 6.07) is 3.49. The summed E-state index contributed by atoms with van der Waals surface area (Å²) in [5, 5.41) is 0. The second kappa shape index (κ2) is 4.53. The van der Waals surface area contributed by atoms with Crippen molar-refractivity contribution in [3.8, 4) is 0 Å². The lowest BCUT2D eigenvalue weighted by atomic mass is 10.2. The minimum Gasteiger partial charge on any atom is -0.303 e. The van der Waals surface area contributed by atoms with Gasteiger partial charge in [0.25, 0.3) is 0 Å². The molecule has 1 aromatic rings. The number of carbonyl (C=O) groups is 1. The van der Waals surface area contributed by atoms with Crippen molar-refractivity contribution in [3.05, 3.63) is 29.6 Å². The summed E-state index contributed by atoms with van der Waals surface area (Å²) in [6.07, 6.45) is 0.509. The molecule has 0 aliphatic rings. The van der Waals surface area contributed by atoms with Gasteiger partial charge in [0.15, 0.2) is 9.84 Å². The van der Waals surface area contributed by atoms with Crippen LogP contribution in [0.4, 0.5) is 4.39 Å². The van der Waals surface area contributed by atoms with Crippen molar-refractivity contribution in [2.24, 2.45) is 0 Å². The molecule has 0 aromatic heterocycles. The van der Waals surface area contributed by atoms with Crippen molar-refractivity contribution in [1.29, 1.82) is 0 Å². The molecule has 0 aliphatic carbocycles. The molecular formula is C10H11FO3S. The lowest BCUT2D eigenvalue weighted by Crippen LogP contribution is -2.09. The molecule has 1 aromatic carbocycles. The van der Waals surface area contributed by atoms with Crippen molar-refractivity contribution in [1.82, 2.24) is 0 Å². The lowest BCUT2D eigenvalue weighted by molar-refractivity contribution is -0.107. The number of benzene rings is 1. The fourth-order valence-electron chi connectivity index (χ4n) is 1.27. The average Bonchev–Trinajstić information content (AvgIpc) is 2.14. The summed E-state index contributed by atoms with van der Waals surface area (Å²) in [4.78, 5) is 10.2. The molecule has 0 unspecified atom stereocenters. The third kappa shape index (κ3) is 2.86. The summed E-state index contributed by atoms with van der Waals surface area (Å²) in [5.74, 6) is -0.704. The monoisotopic (exact) mass is 230 g/mol.